The second kappa shape index (κ2) is 7.31. The molecule has 0 spiro atoms. The molecule has 1 N–H and O–H groups in total. The standard InChI is InChI=1S/C18H18O4/c1-3-22-17-12-15(8-9-16(17)21-2)14-6-4-5-13(11-14)7-10-18(19)20/h4-12H,3H2,1-2H3,(H,19,20). The van der Waals surface area contributed by atoms with Crippen LogP contribution in [-0.4, -0.2) is 24.8 Å². The van der Waals surface area contributed by atoms with Crippen molar-refractivity contribution in [3.05, 3.63) is 54.1 Å². The largest absolute Gasteiger partial charge is 0.493 e. The molecule has 0 fully saturated rings. The van der Waals surface area contributed by atoms with Gasteiger partial charge < -0.3 is 14.6 Å². The molecule has 0 saturated carbocycles. The number of methoxy groups -OCH3 is 1. The predicted molar refractivity (Wildman–Crippen MR) is 86.3 cm³/mol. The molecule has 0 aliphatic carbocycles. The van der Waals surface area contributed by atoms with Crippen molar-refractivity contribution < 1.29 is 19.4 Å². The highest BCUT2D eigenvalue weighted by molar-refractivity contribution is 5.85. The van der Waals surface area contributed by atoms with Crippen LogP contribution < -0.4 is 9.47 Å². The van der Waals surface area contributed by atoms with E-state index >= 15 is 0 Å². The molecule has 2 aromatic rings. The maximum Gasteiger partial charge on any atom is 0.328 e. The SMILES string of the molecule is CCOc1cc(-c2cccc(C=CC(=O)O)c2)ccc1OC. The Kier molecular flexibility index (Phi) is 5.20. The van der Waals surface area contributed by atoms with Gasteiger partial charge in [0, 0.05) is 6.08 Å². The first-order valence-electron chi connectivity index (χ1n) is 6.96. The summed E-state index contributed by atoms with van der Waals surface area (Å²) in [4.78, 5) is 10.6. The highest BCUT2D eigenvalue weighted by atomic mass is 16.5. The monoisotopic (exact) mass is 298 g/mol. The fourth-order valence-corrected chi connectivity index (χ4v) is 2.11. The third-order valence-electron chi connectivity index (χ3n) is 3.10. The van der Waals surface area contributed by atoms with Gasteiger partial charge in [-0.1, -0.05) is 24.3 Å². The summed E-state index contributed by atoms with van der Waals surface area (Å²) in [6, 6.07) is 13.4. The molecule has 0 unspecified atom stereocenters. The molecule has 0 heterocycles. The summed E-state index contributed by atoms with van der Waals surface area (Å²) in [6.45, 7) is 2.48. The Bertz CT molecular complexity index is 689. The zero-order valence-corrected chi connectivity index (χ0v) is 12.6. The smallest absolute Gasteiger partial charge is 0.328 e. The number of carboxylic acids is 1. The average molecular weight is 298 g/mol. The van der Waals surface area contributed by atoms with E-state index in [1.54, 1.807) is 13.2 Å². The summed E-state index contributed by atoms with van der Waals surface area (Å²) in [7, 11) is 1.61. The van der Waals surface area contributed by atoms with Crippen molar-refractivity contribution in [2.75, 3.05) is 13.7 Å². The zero-order valence-electron chi connectivity index (χ0n) is 12.6. The number of carboxylic acid groups (broad SMARTS) is 1. The van der Waals surface area contributed by atoms with Gasteiger partial charge in [0.1, 0.15) is 0 Å². The molecule has 0 radical (unpaired) electrons. The number of hydrogen-bond donors (Lipinski definition) is 1. The Morgan fingerprint density at radius 2 is 1.91 bits per heavy atom. The molecule has 0 bridgehead atoms. The molecule has 0 saturated heterocycles. The summed E-state index contributed by atoms with van der Waals surface area (Å²) in [6.07, 6.45) is 2.69. The minimum atomic E-state index is -0.964. The van der Waals surface area contributed by atoms with Crippen LogP contribution in [0.4, 0.5) is 0 Å². The molecule has 2 aromatic carbocycles. The van der Waals surface area contributed by atoms with Gasteiger partial charge in [0.25, 0.3) is 0 Å². The molecule has 4 nitrogen and oxygen atoms in total. The van der Waals surface area contributed by atoms with Crippen molar-refractivity contribution in [1.29, 1.82) is 0 Å². The lowest BCUT2D eigenvalue weighted by Crippen LogP contribution is -1.95. The van der Waals surface area contributed by atoms with Gasteiger partial charge in [0.15, 0.2) is 11.5 Å². The third-order valence-corrected chi connectivity index (χ3v) is 3.10. The van der Waals surface area contributed by atoms with Crippen molar-refractivity contribution >= 4 is 12.0 Å². The molecule has 2 rings (SSSR count). The third kappa shape index (κ3) is 3.88. The van der Waals surface area contributed by atoms with Crippen molar-refractivity contribution in [2.24, 2.45) is 0 Å². The van der Waals surface area contributed by atoms with Crippen LogP contribution in [0, 0.1) is 0 Å². The van der Waals surface area contributed by atoms with Gasteiger partial charge in [-0.3, -0.25) is 0 Å². The van der Waals surface area contributed by atoms with Gasteiger partial charge in [-0.25, -0.2) is 4.79 Å². The summed E-state index contributed by atoms with van der Waals surface area (Å²) in [5, 5.41) is 8.70. The molecule has 0 aromatic heterocycles. The lowest BCUT2D eigenvalue weighted by atomic mass is 10.0. The zero-order chi connectivity index (χ0) is 15.9. The summed E-state index contributed by atoms with van der Waals surface area (Å²) in [5.41, 5.74) is 2.79. The van der Waals surface area contributed by atoms with Crippen molar-refractivity contribution in [2.45, 2.75) is 6.92 Å². The normalized spacial score (nSPS) is 10.6. The van der Waals surface area contributed by atoms with E-state index in [0.717, 1.165) is 22.8 Å². The van der Waals surface area contributed by atoms with Crippen molar-refractivity contribution in [1.82, 2.24) is 0 Å². The molecular formula is C18H18O4. The average Bonchev–Trinajstić information content (AvgIpc) is 2.53. The van der Waals surface area contributed by atoms with Gasteiger partial charge >= 0.3 is 5.97 Å². The highest BCUT2D eigenvalue weighted by Crippen LogP contribution is 2.32. The first-order chi connectivity index (χ1) is 10.6. The van der Waals surface area contributed by atoms with Crippen LogP contribution in [0.1, 0.15) is 12.5 Å². The number of hydrogen-bond acceptors (Lipinski definition) is 3. The van der Waals surface area contributed by atoms with Crippen LogP contribution in [0.2, 0.25) is 0 Å². The van der Waals surface area contributed by atoms with Gasteiger partial charge in [-0.15, -0.1) is 0 Å². The molecule has 0 amide bonds. The van der Waals surface area contributed by atoms with Gasteiger partial charge in [-0.05, 0) is 47.9 Å². The Morgan fingerprint density at radius 1 is 1.14 bits per heavy atom. The lowest BCUT2D eigenvalue weighted by Gasteiger charge is -2.11. The van der Waals surface area contributed by atoms with Gasteiger partial charge in [-0.2, -0.15) is 0 Å². The second-order valence-electron chi connectivity index (χ2n) is 4.60. The van der Waals surface area contributed by atoms with Gasteiger partial charge in [0.2, 0.25) is 0 Å². The molecule has 114 valence electrons. The van der Waals surface area contributed by atoms with Crippen molar-refractivity contribution in [3.8, 4) is 22.6 Å². The van der Waals surface area contributed by atoms with E-state index in [2.05, 4.69) is 0 Å². The van der Waals surface area contributed by atoms with E-state index < -0.39 is 5.97 Å². The number of carbonyl (C=O) groups is 1. The summed E-state index contributed by atoms with van der Waals surface area (Å²) < 4.78 is 10.9. The second-order valence-corrected chi connectivity index (χ2v) is 4.60. The van der Waals surface area contributed by atoms with E-state index in [4.69, 9.17) is 14.6 Å². The molecular weight excluding hydrogens is 280 g/mol. The van der Waals surface area contributed by atoms with Crippen LogP contribution in [0.3, 0.4) is 0 Å². The van der Waals surface area contributed by atoms with E-state index in [9.17, 15) is 4.79 Å². The van der Waals surface area contributed by atoms with Crippen LogP contribution in [-0.2, 0) is 4.79 Å². The molecule has 0 aliphatic heterocycles. The molecule has 4 heteroatoms. The Hall–Kier alpha value is -2.75. The van der Waals surface area contributed by atoms with E-state index in [1.807, 2.05) is 49.4 Å². The number of ether oxygens (including phenoxy) is 2. The van der Waals surface area contributed by atoms with Gasteiger partial charge in [0.05, 0.1) is 13.7 Å². The van der Waals surface area contributed by atoms with Crippen molar-refractivity contribution in [3.63, 3.8) is 0 Å². The van der Waals surface area contributed by atoms with Crippen LogP contribution in [0.5, 0.6) is 11.5 Å². The highest BCUT2D eigenvalue weighted by Gasteiger charge is 2.07. The maximum atomic E-state index is 10.6. The quantitative estimate of drug-likeness (QED) is 0.823. The number of rotatable bonds is 6. The Labute approximate surface area is 129 Å². The van der Waals surface area contributed by atoms with E-state index in [1.165, 1.54) is 0 Å². The van der Waals surface area contributed by atoms with Crippen LogP contribution >= 0.6 is 0 Å². The van der Waals surface area contributed by atoms with Crippen LogP contribution in [0.25, 0.3) is 17.2 Å². The topological polar surface area (TPSA) is 55.8 Å². The summed E-state index contributed by atoms with van der Waals surface area (Å²) >= 11 is 0. The molecule has 0 aliphatic rings. The first-order valence-corrected chi connectivity index (χ1v) is 6.96. The molecule has 22 heavy (non-hydrogen) atoms. The fourth-order valence-electron chi connectivity index (χ4n) is 2.11. The number of benzene rings is 2. The maximum absolute atomic E-state index is 10.6. The predicted octanol–water partition coefficient (Wildman–Crippen LogP) is 3.86. The fraction of sp³-hybridized carbons (Fsp3) is 0.167. The van der Waals surface area contributed by atoms with E-state index in [0.29, 0.717) is 18.1 Å². The minimum absolute atomic E-state index is 0.557. The minimum Gasteiger partial charge on any atom is -0.493 e. The summed E-state index contributed by atoms with van der Waals surface area (Å²) in [5.74, 6) is 0.412. The van der Waals surface area contributed by atoms with E-state index in [-0.39, 0.29) is 0 Å². The number of aliphatic carboxylic acids is 1. The lowest BCUT2D eigenvalue weighted by molar-refractivity contribution is -0.131. The molecule has 0 atom stereocenters. The van der Waals surface area contributed by atoms with Crippen LogP contribution in [0.15, 0.2) is 48.5 Å². The Morgan fingerprint density at radius 3 is 2.59 bits per heavy atom. The first kappa shape index (κ1) is 15.6. The Balaban J connectivity index is 2.37.